The average molecular weight is 373 g/mol. The van der Waals surface area contributed by atoms with Gasteiger partial charge in [0.05, 0.1) is 17.1 Å². The molecule has 0 aliphatic rings. The lowest BCUT2D eigenvalue weighted by Gasteiger charge is -2.25. The molecule has 3 nitrogen and oxygen atoms in total. The van der Waals surface area contributed by atoms with Gasteiger partial charge in [-0.25, -0.2) is 17.2 Å². The molecular weight excluding hydrogens is 356 g/mol. The zero-order valence-corrected chi connectivity index (χ0v) is 14.9. The predicted octanol–water partition coefficient (Wildman–Crippen LogP) is 4.67. The SMILES string of the molecule is Cc1ccc(N(Cc2ccccc2)S(=O)(=O)c2ccc(F)cc2)cc1F. The number of benzene rings is 3. The summed E-state index contributed by atoms with van der Waals surface area (Å²) >= 11 is 0. The second-order valence-corrected chi connectivity index (χ2v) is 7.75. The Bertz CT molecular complexity index is 1000. The summed E-state index contributed by atoms with van der Waals surface area (Å²) in [6.07, 6.45) is 0. The Morgan fingerprint density at radius 2 is 1.54 bits per heavy atom. The fourth-order valence-electron chi connectivity index (χ4n) is 2.53. The van der Waals surface area contributed by atoms with Crippen LogP contribution in [0.3, 0.4) is 0 Å². The molecular formula is C20H17F2NO2S. The highest BCUT2D eigenvalue weighted by molar-refractivity contribution is 7.92. The van der Waals surface area contributed by atoms with Gasteiger partial charge >= 0.3 is 0 Å². The van der Waals surface area contributed by atoms with Gasteiger partial charge in [0.1, 0.15) is 11.6 Å². The molecule has 26 heavy (non-hydrogen) atoms. The molecule has 0 atom stereocenters. The quantitative estimate of drug-likeness (QED) is 0.652. The Morgan fingerprint density at radius 1 is 0.885 bits per heavy atom. The highest BCUT2D eigenvalue weighted by atomic mass is 32.2. The van der Waals surface area contributed by atoms with Crippen molar-refractivity contribution >= 4 is 15.7 Å². The monoisotopic (exact) mass is 373 g/mol. The minimum atomic E-state index is -4.00. The van der Waals surface area contributed by atoms with Crippen LogP contribution < -0.4 is 4.31 Å². The van der Waals surface area contributed by atoms with Gasteiger partial charge in [0.25, 0.3) is 10.0 Å². The molecule has 0 aliphatic heterocycles. The number of rotatable bonds is 5. The topological polar surface area (TPSA) is 37.4 Å². The standard InChI is InChI=1S/C20H17F2NO2S/c1-15-7-10-18(13-20(15)22)23(14-16-5-3-2-4-6-16)26(24,25)19-11-8-17(21)9-12-19/h2-13H,14H2,1H3. The van der Waals surface area contributed by atoms with E-state index in [-0.39, 0.29) is 17.1 Å². The van der Waals surface area contributed by atoms with Gasteiger partial charge in [0, 0.05) is 0 Å². The van der Waals surface area contributed by atoms with Gasteiger partial charge < -0.3 is 0 Å². The Labute approximate surface area is 151 Å². The molecule has 0 bridgehead atoms. The van der Waals surface area contributed by atoms with Crippen molar-refractivity contribution in [2.45, 2.75) is 18.4 Å². The lowest BCUT2D eigenvalue weighted by Crippen LogP contribution is -2.30. The van der Waals surface area contributed by atoms with Crippen molar-refractivity contribution in [1.29, 1.82) is 0 Å². The maximum absolute atomic E-state index is 14.1. The van der Waals surface area contributed by atoms with Gasteiger partial charge in [0.15, 0.2) is 0 Å². The van der Waals surface area contributed by atoms with Crippen LogP contribution in [-0.4, -0.2) is 8.42 Å². The van der Waals surface area contributed by atoms with Crippen LogP contribution in [0.4, 0.5) is 14.5 Å². The normalized spacial score (nSPS) is 11.3. The molecule has 0 saturated carbocycles. The summed E-state index contributed by atoms with van der Waals surface area (Å²) in [6.45, 7) is 1.64. The highest BCUT2D eigenvalue weighted by Gasteiger charge is 2.26. The molecule has 0 unspecified atom stereocenters. The van der Waals surface area contributed by atoms with Gasteiger partial charge in [0.2, 0.25) is 0 Å². The number of hydrogen-bond donors (Lipinski definition) is 0. The molecule has 0 fully saturated rings. The van der Waals surface area contributed by atoms with E-state index in [2.05, 4.69) is 0 Å². The van der Waals surface area contributed by atoms with Crippen molar-refractivity contribution in [3.63, 3.8) is 0 Å². The smallest absolute Gasteiger partial charge is 0.262 e. The summed E-state index contributed by atoms with van der Waals surface area (Å²) in [4.78, 5) is -0.0594. The van der Waals surface area contributed by atoms with Crippen molar-refractivity contribution in [3.8, 4) is 0 Å². The van der Waals surface area contributed by atoms with E-state index in [1.54, 1.807) is 37.3 Å². The second kappa shape index (κ2) is 7.25. The Kier molecular flexibility index (Phi) is 5.04. The number of anilines is 1. The maximum atomic E-state index is 14.1. The second-order valence-electron chi connectivity index (χ2n) is 5.88. The minimum absolute atomic E-state index is 0.0308. The van der Waals surface area contributed by atoms with E-state index in [0.29, 0.717) is 5.56 Å². The van der Waals surface area contributed by atoms with Gasteiger partial charge in [-0.1, -0.05) is 36.4 Å². The van der Waals surface area contributed by atoms with Crippen molar-refractivity contribution in [2.24, 2.45) is 0 Å². The lowest BCUT2D eigenvalue weighted by atomic mass is 10.2. The molecule has 0 aromatic heterocycles. The van der Waals surface area contributed by atoms with Gasteiger partial charge in [-0.3, -0.25) is 4.31 Å². The van der Waals surface area contributed by atoms with E-state index >= 15 is 0 Å². The Morgan fingerprint density at radius 3 is 2.15 bits per heavy atom. The van der Waals surface area contributed by atoms with Crippen LogP contribution in [0.5, 0.6) is 0 Å². The zero-order valence-electron chi connectivity index (χ0n) is 14.1. The number of aryl methyl sites for hydroxylation is 1. The largest absolute Gasteiger partial charge is 0.264 e. The Balaban J connectivity index is 2.10. The van der Waals surface area contributed by atoms with Gasteiger partial charge in [-0.15, -0.1) is 0 Å². The summed E-state index contributed by atoms with van der Waals surface area (Å²) in [6, 6.07) is 17.9. The molecule has 0 radical (unpaired) electrons. The molecule has 6 heteroatoms. The first-order valence-electron chi connectivity index (χ1n) is 7.96. The third-order valence-corrected chi connectivity index (χ3v) is 5.80. The van der Waals surface area contributed by atoms with Crippen molar-refractivity contribution in [3.05, 3.63) is 95.6 Å². The number of nitrogens with zero attached hydrogens (tertiary/aromatic N) is 1. The molecule has 134 valence electrons. The molecule has 0 saturated heterocycles. The first kappa shape index (κ1) is 18.1. The van der Waals surface area contributed by atoms with E-state index < -0.39 is 21.7 Å². The molecule has 0 spiro atoms. The van der Waals surface area contributed by atoms with Crippen LogP contribution in [-0.2, 0) is 16.6 Å². The van der Waals surface area contributed by atoms with E-state index in [9.17, 15) is 17.2 Å². The van der Waals surface area contributed by atoms with Crippen LogP contribution in [0.15, 0.2) is 77.7 Å². The summed E-state index contributed by atoms with van der Waals surface area (Å²) in [5, 5.41) is 0. The van der Waals surface area contributed by atoms with Gasteiger partial charge in [-0.05, 0) is 54.4 Å². The van der Waals surface area contributed by atoms with Crippen LogP contribution in [0.2, 0.25) is 0 Å². The van der Waals surface area contributed by atoms with Crippen LogP contribution in [0, 0.1) is 18.6 Å². The van der Waals surface area contributed by atoms with Crippen LogP contribution >= 0.6 is 0 Å². The Hall–Kier alpha value is -2.73. The number of hydrogen-bond acceptors (Lipinski definition) is 2. The molecule has 0 aliphatic carbocycles. The summed E-state index contributed by atoms with van der Waals surface area (Å²) in [5.41, 5.74) is 1.38. The third kappa shape index (κ3) is 3.75. The van der Waals surface area contributed by atoms with Crippen molar-refractivity contribution in [1.82, 2.24) is 0 Å². The first-order chi connectivity index (χ1) is 12.4. The van der Waals surface area contributed by atoms with Crippen molar-refractivity contribution in [2.75, 3.05) is 4.31 Å². The molecule has 0 heterocycles. The third-order valence-electron chi connectivity index (χ3n) is 4.01. The van der Waals surface area contributed by atoms with E-state index in [0.717, 1.165) is 22.0 Å². The highest BCUT2D eigenvalue weighted by Crippen LogP contribution is 2.27. The maximum Gasteiger partial charge on any atom is 0.264 e. The van der Waals surface area contributed by atoms with Crippen LogP contribution in [0.1, 0.15) is 11.1 Å². The fraction of sp³-hybridized carbons (Fsp3) is 0.100. The van der Waals surface area contributed by atoms with E-state index in [4.69, 9.17) is 0 Å². The molecule has 0 amide bonds. The average Bonchev–Trinajstić information content (AvgIpc) is 2.63. The molecule has 3 aromatic rings. The molecule has 3 rings (SSSR count). The fourth-order valence-corrected chi connectivity index (χ4v) is 3.98. The number of sulfonamides is 1. The summed E-state index contributed by atoms with van der Waals surface area (Å²) in [5.74, 6) is -1.02. The predicted molar refractivity (Wildman–Crippen MR) is 97.3 cm³/mol. The minimum Gasteiger partial charge on any atom is -0.262 e. The van der Waals surface area contributed by atoms with Crippen LogP contribution in [0.25, 0.3) is 0 Å². The summed E-state index contributed by atoms with van der Waals surface area (Å²) in [7, 11) is -4.00. The van der Waals surface area contributed by atoms with Crippen molar-refractivity contribution < 1.29 is 17.2 Å². The number of halogens is 2. The van der Waals surface area contributed by atoms with E-state index in [1.165, 1.54) is 24.3 Å². The zero-order chi connectivity index (χ0) is 18.7. The first-order valence-corrected chi connectivity index (χ1v) is 9.40. The molecule has 0 N–H and O–H groups in total. The summed E-state index contributed by atoms with van der Waals surface area (Å²) < 4.78 is 54.6. The lowest BCUT2D eigenvalue weighted by molar-refractivity contribution is 0.588. The van der Waals surface area contributed by atoms with E-state index in [1.807, 2.05) is 6.07 Å². The van der Waals surface area contributed by atoms with Gasteiger partial charge in [-0.2, -0.15) is 0 Å². The molecule has 3 aromatic carbocycles.